The number of hydrogen-bond acceptors (Lipinski definition) is 2. The number of rotatable bonds is 5. The van der Waals surface area contributed by atoms with Gasteiger partial charge in [0.15, 0.2) is 0 Å². The molecular formula is C23H22F4N2O3. The van der Waals surface area contributed by atoms with Crippen LogP contribution in [0.2, 0.25) is 0 Å². The second kappa shape index (κ2) is 8.44. The largest absolute Gasteiger partial charge is 0.465 e. The van der Waals surface area contributed by atoms with Crippen LogP contribution in [-0.4, -0.2) is 46.7 Å². The zero-order valence-electron chi connectivity index (χ0n) is 17.0. The first-order valence-corrected chi connectivity index (χ1v) is 10.3. The number of amides is 2. The van der Waals surface area contributed by atoms with Gasteiger partial charge in [-0.15, -0.1) is 0 Å². The fraction of sp³-hybridized carbons (Fsp3) is 0.391. The highest BCUT2D eigenvalue weighted by Gasteiger charge is 2.46. The average molecular weight is 450 g/mol. The molecule has 9 heteroatoms. The molecule has 1 aliphatic carbocycles. The highest BCUT2D eigenvalue weighted by atomic mass is 19.3. The highest BCUT2D eigenvalue weighted by Crippen LogP contribution is 2.49. The third-order valence-electron chi connectivity index (χ3n) is 6.11. The van der Waals surface area contributed by atoms with Gasteiger partial charge >= 0.3 is 6.09 Å². The van der Waals surface area contributed by atoms with E-state index in [1.165, 1.54) is 12.1 Å². The molecule has 2 aromatic rings. The maximum atomic E-state index is 14.8. The Balaban J connectivity index is 1.60. The summed E-state index contributed by atoms with van der Waals surface area (Å²) in [5.41, 5.74) is 1.18. The van der Waals surface area contributed by atoms with Crippen molar-refractivity contribution in [1.82, 2.24) is 10.2 Å². The molecule has 2 unspecified atom stereocenters. The Labute approximate surface area is 182 Å². The molecule has 2 aliphatic rings. The fourth-order valence-electron chi connectivity index (χ4n) is 4.42. The van der Waals surface area contributed by atoms with Crippen LogP contribution in [0.15, 0.2) is 48.5 Å². The SMILES string of the molecule is O=C(NC(c1ccccc1)c1ccc(C2CC(F)(F)C2)c(F)c1)[C@H]1CC(F)CN1C(=O)O. The third kappa shape index (κ3) is 4.42. The number of halogens is 4. The predicted molar refractivity (Wildman–Crippen MR) is 108 cm³/mol. The summed E-state index contributed by atoms with van der Waals surface area (Å²) in [5.74, 6) is -4.67. The Kier molecular flexibility index (Phi) is 5.83. The van der Waals surface area contributed by atoms with Gasteiger partial charge in [0, 0.05) is 19.3 Å². The second-order valence-electron chi connectivity index (χ2n) is 8.38. The minimum Gasteiger partial charge on any atom is -0.465 e. The van der Waals surface area contributed by atoms with Gasteiger partial charge in [-0.1, -0.05) is 42.5 Å². The van der Waals surface area contributed by atoms with Crippen LogP contribution < -0.4 is 5.32 Å². The summed E-state index contributed by atoms with van der Waals surface area (Å²) in [7, 11) is 0. The van der Waals surface area contributed by atoms with Crippen molar-refractivity contribution < 1.29 is 32.3 Å². The van der Waals surface area contributed by atoms with Gasteiger partial charge in [-0.3, -0.25) is 9.69 Å². The van der Waals surface area contributed by atoms with Gasteiger partial charge in [0.1, 0.15) is 18.0 Å². The number of benzene rings is 2. The van der Waals surface area contributed by atoms with E-state index in [2.05, 4.69) is 5.32 Å². The molecule has 1 saturated carbocycles. The van der Waals surface area contributed by atoms with Crippen LogP contribution in [0, 0.1) is 5.82 Å². The van der Waals surface area contributed by atoms with Crippen LogP contribution in [-0.2, 0) is 4.79 Å². The first kappa shape index (κ1) is 22.1. The monoisotopic (exact) mass is 450 g/mol. The Morgan fingerprint density at radius 1 is 1.09 bits per heavy atom. The molecule has 2 aromatic carbocycles. The van der Waals surface area contributed by atoms with Crippen molar-refractivity contribution in [1.29, 1.82) is 0 Å². The average Bonchev–Trinajstić information content (AvgIpc) is 3.13. The van der Waals surface area contributed by atoms with Crippen LogP contribution in [0.3, 0.4) is 0 Å². The molecule has 5 nitrogen and oxygen atoms in total. The fourth-order valence-corrected chi connectivity index (χ4v) is 4.42. The quantitative estimate of drug-likeness (QED) is 0.653. The van der Waals surface area contributed by atoms with Crippen molar-refractivity contribution in [3.8, 4) is 0 Å². The molecule has 3 atom stereocenters. The highest BCUT2D eigenvalue weighted by molar-refractivity contribution is 5.86. The molecule has 0 spiro atoms. The minimum absolute atomic E-state index is 0.200. The number of hydrogen-bond donors (Lipinski definition) is 2. The second-order valence-corrected chi connectivity index (χ2v) is 8.38. The summed E-state index contributed by atoms with van der Waals surface area (Å²) in [4.78, 5) is 25.0. The number of alkyl halides is 3. The molecule has 0 radical (unpaired) electrons. The van der Waals surface area contributed by atoms with Crippen molar-refractivity contribution in [2.45, 2.75) is 49.4 Å². The van der Waals surface area contributed by atoms with Crippen molar-refractivity contribution in [2.24, 2.45) is 0 Å². The van der Waals surface area contributed by atoms with Crippen molar-refractivity contribution in [3.05, 3.63) is 71.0 Å². The first-order valence-electron chi connectivity index (χ1n) is 10.3. The van der Waals surface area contributed by atoms with Gasteiger partial charge in [-0.05, 0) is 28.7 Å². The lowest BCUT2D eigenvalue weighted by Gasteiger charge is -2.35. The molecule has 1 saturated heterocycles. The van der Waals surface area contributed by atoms with Crippen molar-refractivity contribution in [2.75, 3.05) is 6.54 Å². The normalized spacial score (nSPS) is 23.4. The van der Waals surface area contributed by atoms with Gasteiger partial charge in [-0.25, -0.2) is 22.4 Å². The number of likely N-dealkylation sites (tertiary alicyclic amines) is 1. The number of nitrogens with zero attached hydrogens (tertiary/aromatic N) is 1. The molecule has 0 aromatic heterocycles. The number of carboxylic acid groups (broad SMARTS) is 1. The van der Waals surface area contributed by atoms with Gasteiger partial charge in [0.2, 0.25) is 11.8 Å². The Hall–Kier alpha value is -3.10. The lowest BCUT2D eigenvalue weighted by atomic mass is 9.76. The molecule has 4 rings (SSSR count). The Morgan fingerprint density at radius 2 is 1.78 bits per heavy atom. The van der Waals surface area contributed by atoms with E-state index in [4.69, 9.17) is 0 Å². The Bertz CT molecular complexity index is 1010. The summed E-state index contributed by atoms with van der Waals surface area (Å²) in [6, 6.07) is 10.8. The van der Waals surface area contributed by atoms with Crippen LogP contribution in [0.4, 0.5) is 22.4 Å². The van der Waals surface area contributed by atoms with Gasteiger partial charge in [0.05, 0.1) is 12.6 Å². The van der Waals surface area contributed by atoms with E-state index in [0.717, 1.165) is 4.90 Å². The van der Waals surface area contributed by atoms with E-state index < -0.39 is 67.3 Å². The number of carbonyl (C=O) groups excluding carboxylic acids is 1. The third-order valence-corrected chi connectivity index (χ3v) is 6.11. The lowest BCUT2D eigenvalue weighted by molar-refractivity contribution is -0.125. The number of nitrogens with one attached hydrogen (secondary N) is 1. The topological polar surface area (TPSA) is 69.6 Å². The summed E-state index contributed by atoms with van der Waals surface area (Å²) in [6.45, 7) is -0.390. The molecule has 2 fully saturated rings. The Morgan fingerprint density at radius 3 is 2.38 bits per heavy atom. The van der Waals surface area contributed by atoms with Crippen LogP contribution in [0.1, 0.15) is 47.9 Å². The smallest absolute Gasteiger partial charge is 0.408 e. The molecule has 2 N–H and O–H groups in total. The maximum absolute atomic E-state index is 14.8. The van der Waals surface area contributed by atoms with Crippen LogP contribution >= 0.6 is 0 Å². The van der Waals surface area contributed by atoms with Gasteiger partial charge in [-0.2, -0.15) is 0 Å². The van der Waals surface area contributed by atoms with E-state index in [1.807, 2.05) is 0 Å². The molecule has 2 amide bonds. The zero-order chi connectivity index (χ0) is 23.0. The predicted octanol–water partition coefficient (Wildman–Crippen LogP) is 4.63. The number of carbonyl (C=O) groups is 2. The maximum Gasteiger partial charge on any atom is 0.408 e. The van der Waals surface area contributed by atoms with Crippen LogP contribution in [0.5, 0.6) is 0 Å². The summed E-state index contributed by atoms with van der Waals surface area (Å²) < 4.78 is 55.0. The van der Waals surface area contributed by atoms with E-state index in [0.29, 0.717) is 11.1 Å². The zero-order valence-corrected chi connectivity index (χ0v) is 17.0. The van der Waals surface area contributed by atoms with E-state index >= 15 is 0 Å². The van der Waals surface area contributed by atoms with E-state index in [9.17, 15) is 32.3 Å². The molecule has 32 heavy (non-hydrogen) atoms. The van der Waals surface area contributed by atoms with Gasteiger partial charge in [0.25, 0.3) is 0 Å². The summed E-state index contributed by atoms with van der Waals surface area (Å²) in [5, 5.41) is 12.0. The minimum atomic E-state index is -2.78. The van der Waals surface area contributed by atoms with Crippen molar-refractivity contribution in [3.63, 3.8) is 0 Å². The summed E-state index contributed by atoms with van der Waals surface area (Å²) >= 11 is 0. The molecule has 1 aliphatic heterocycles. The molecular weight excluding hydrogens is 428 g/mol. The lowest BCUT2D eigenvalue weighted by Crippen LogP contribution is -2.46. The molecule has 170 valence electrons. The molecule has 0 bridgehead atoms. The van der Waals surface area contributed by atoms with E-state index in [1.54, 1.807) is 36.4 Å². The standard InChI is InChI=1S/C23H22F4N2O3/c24-16-9-19(29(12-16)22(31)32)21(30)28-20(13-4-2-1-3-5-13)14-6-7-17(18(25)8-14)15-10-23(26,27)11-15/h1-8,15-16,19-20H,9-12H2,(H,28,30)(H,31,32)/t16?,19-,20?/m1/s1. The van der Waals surface area contributed by atoms with Gasteiger partial charge < -0.3 is 10.4 Å². The molecule has 1 heterocycles. The summed E-state index contributed by atoms with van der Waals surface area (Å²) in [6.07, 6.45) is -3.91. The first-order chi connectivity index (χ1) is 15.1. The van der Waals surface area contributed by atoms with Crippen LogP contribution in [0.25, 0.3) is 0 Å². The van der Waals surface area contributed by atoms with Crippen molar-refractivity contribution >= 4 is 12.0 Å². The van der Waals surface area contributed by atoms with E-state index in [-0.39, 0.29) is 12.0 Å².